The molecule has 0 radical (unpaired) electrons. The topological polar surface area (TPSA) is 44.4 Å². The van der Waals surface area contributed by atoms with E-state index < -0.39 is 0 Å². The lowest BCUT2D eigenvalue weighted by atomic mass is 9.81. The summed E-state index contributed by atoms with van der Waals surface area (Å²) in [5, 5.41) is 0.712. The number of piperidine rings is 1. The second kappa shape index (κ2) is 9.24. The molecular weight excluding hydrogens is 389 g/mol. The van der Waals surface area contributed by atoms with Crippen LogP contribution in [0.1, 0.15) is 36.3 Å². The Labute approximate surface area is 176 Å². The monoisotopic (exact) mass is 415 g/mol. The van der Waals surface area contributed by atoms with Gasteiger partial charge in [0.25, 0.3) is 0 Å². The van der Waals surface area contributed by atoms with Crippen molar-refractivity contribution in [1.82, 2.24) is 15.8 Å². The van der Waals surface area contributed by atoms with Crippen molar-refractivity contribution in [2.75, 3.05) is 19.6 Å². The van der Waals surface area contributed by atoms with Gasteiger partial charge in [-0.25, -0.2) is 4.39 Å². The molecule has 2 aromatic rings. The minimum Gasteiger partial charge on any atom is -0.342 e. The fourth-order valence-corrected chi connectivity index (χ4v) is 4.74. The van der Waals surface area contributed by atoms with E-state index in [1.807, 2.05) is 35.2 Å². The molecule has 2 aromatic carbocycles. The quantitative estimate of drug-likeness (QED) is 0.778. The summed E-state index contributed by atoms with van der Waals surface area (Å²) in [4.78, 5) is 14.8. The molecule has 0 bridgehead atoms. The molecule has 2 aliphatic heterocycles. The van der Waals surface area contributed by atoms with Crippen LogP contribution >= 0.6 is 11.6 Å². The third kappa shape index (κ3) is 4.97. The maximum absolute atomic E-state index is 13.7. The number of amides is 1. The lowest BCUT2D eigenvalue weighted by molar-refractivity contribution is -0.133. The van der Waals surface area contributed by atoms with Gasteiger partial charge in [0.2, 0.25) is 5.91 Å². The van der Waals surface area contributed by atoms with Crippen LogP contribution < -0.4 is 10.9 Å². The molecule has 6 heteroatoms. The van der Waals surface area contributed by atoms with Crippen LogP contribution in [0.2, 0.25) is 5.02 Å². The average molecular weight is 416 g/mol. The molecule has 0 aromatic heterocycles. The van der Waals surface area contributed by atoms with E-state index in [1.54, 1.807) is 12.1 Å². The van der Waals surface area contributed by atoms with Gasteiger partial charge in [0.1, 0.15) is 5.82 Å². The van der Waals surface area contributed by atoms with Crippen molar-refractivity contribution in [1.29, 1.82) is 0 Å². The van der Waals surface area contributed by atoms with Gasteiger partial charge < -0.3 is 4.90 Å². The first-order chi connectivity index (χ1) is 14.1. The first kappa shape index (κ1) is 20.3. The highest BCUT2D eigenvalue weighted by atomic mass is 35.5. The van der Waals surface area contributed by atoms with E-state index in [4.69, 9.17) is 11.6 Å². The van der Waals surface area contributed by atoms with Gasteiger partial charge in [0, 0.05) is 43.0 Å². The summed E-state index contributed by atoms with van der Waals surface area (Å²) in [6.07, 6.45) is 3.32. The maximum atomic E-state index is 13.7. The number of carbonyl (C=O) groups is 1. The number of benzene rings is 2. The molecule has 4 rings (SSSR count). The van der Waals surface area contributed by atoms with E-state index in [1.165, 1.54) is 6.07 Å². The first-order valence-electron chi connectivity index (χ1n) is 10.4. The summed E-state index contributed by atoms with van der Waals surface area (Å²) in [5.74, 6) is 0.569. The number of hydrogen-bond donors (Lipinski definition) is 2. The Morgan fingerprint density at radius 2 is 2.03 bits per heavy atom. The van der Waals surface area contributed by atoms with Gasteiger partial charge in [-0.2, -0.15) is 0 Å². The second-order valence-electron chi connectivity index (χ2n) is 8.08. The van der Waals surface area contributed by atoms with Gasteiger partial charge in [0.05, 0.1) is 0 Å². The summed E-state index contributed by atoms with van der Waals surface area (Å²) in [6.45, 7) is 2.35. The zero-order valence-corrected chi connectivity index (χ0v) is 17.2. The van der Waals surface area contributed by atoms with Gasteiger partial charge in [-0.1, -0.05) is 35.9 Å². The van der Waals surface area contributed by atoms with Crippen LogP contribution in [-0.2, 0) is 11.2 Å². The number of halogens is 2. The van der Waals surface area contributed by atoms with Crippen molar-refractivity contribution >= 4 is 17.5 Å². The van der Waals surface area contributed by atoms with Crippen molar-refractivity contribution in [2.24, 2.45) is 5.92 Å². The normalized spacial score (nSPS) is 24.6. The van der Waals surface area contributed by atoms with Crippen LogP contribution in [0.25, 0.3) is 0 Å². The van der Waals surface area contributed by atoms with Crippen LogP contribution in [-0.4, -0.2) is 36.5 Å². The zero-order valence-electron chi connectivity index (χ0n) is 16.4. The third-order valence-electron chi connectivity index (χ3n) is 6.16. The molecule has 4 nitrogen and oxygen atoms in total. The van der Waals surface area contributed by atoms with Crippen molar-refractivity contribution in [3.05, 3.63) is 70.5 Å². The lowest BCUT2D eigenvalue weighted by Gasteiger charge is -2.37. The van der Waals surface area contributed by atoms with E-state index >= 15 is 0 Å². The number of nitrogens with one attached hydrogen (secondary N) is 2. The molecule has 2 saturated heterocycles. The van der Waals surface area contributed by atoms with Crippen molar-refractivity contribution in [3.8, 4) is 0 Å². The molecule has 0 aliphatic carbocycles. The highest BCUT2D eigenvalue weighted by Gasteiger charge is 2.37. The van der Waals surface area contributed by atoms with E-state index in [2.05, 4.69) is 10.9 Å². The molecule has 1 amide bonds. The van der Waals surface area contributed by atoms with Gasteiger partial charge in [-0.05, 0) is 60.6 Å². The molecule has 2 N–H and O–H groups in total. The van der Waals surface area contributed by atoms with Crippen LogP contribution in [0.15, 0.2) is 48.5 Å². The summed E-state index contributed by atoms with van der Waals surface area (Å²) in [5.41, 5.74) is 8.78. The van der Waals surface area contributed by atoms with Crippen LogP contribution in [0, 0.1) is 11.7 Å². The van der Waals surface area contributed by atoms with Gasteiger partial charge in [0.15, 0.2) is 0 Å². The Balaban J connectivity index is 1.37. The number of carbonyl (C=O) groups excluding carboxylic acids is 1. The molecule has 0 spiro atoms. The van der Waals surface area contributed by atoms with Gasteiger partial charge in [-0.3, -0.25) is 15.6 Å². The van der Waals surface area contributed by atoms with E-state index in [0.29, 0.717) is 17.4 Å². The average Bonchev–Trinajstić information content (AvgIpc) is 3.23. The Hall–Kier alpha value is -1.95. The number of aryl methyl sites for hydroxylation is 1. The second-order valence-corrected chi connectivity index (χ2v) is 8.52. The Bertz CT molecular complexity index is 844. The van der Waals surface area contributed by atoms with E-state index in [0.717, 1.165) is 50.0 Å². The Morgan fingerprint density at radius 1 is 1.21 bits per heavy atom. The predicted octanol–water partition coefficient (Wildman–Crippen LogP) is 3.91. The number of hydrazine groups is 1. The lowest BCUT2D eigenvalue weighted by Crippen LogP contribution is -2.48. The molecule has 29 heavy (non-hydrogen) atoms. The fraction of sp³-hybridized carbons (Fsp3) is 0.435. The number of likely N-dealkylation sites (tertiary alicyclic amines) is 1. The number of hydrogen-bond acceptors (Lipinski definition) is 3. The minimum atomic E-state index is -0.198. The molecule has 2 aliphatic rings. The number of nitrogens with zero attached hydrogens (tertiary/aromatic N) is 1. The predicted molar refractivity (Wildman–Crippen MR) is 113 cm³/mol. The molecule has 3 unspecified atom stereocenters. The maximum Gasteiger partial charge on any atom is 0.222 e. The fourth-order valence-electron chi connectivity index (χ4n) is 4.61. The third-order valence-corrected chi connectivity index (χ3v) is 6.41. The van der Waals surface area contributed by atoms with Crippen molar-refractivity contribution < 1.29 is 9.18 Å². The van der Waals surface area contributed by atoms with Crippen molar-refractivity contribution in [3.63, 3.8) is 0 Å². The molecule has 3 atom stereocenters. The summed E-state index contributed by atoms with van der Waals surface area (Å²) in [7, 11) is 0. The summed E-state index contributed by atoms with van der Waals surface area (Å²) in [6, 6.07) is 14.8. The molecule has 2 heterocycles. The Morgan fingerprint density at radius 3 is 2.83 bits per heavy atom. The minimum absolute atomic E-state index is 0.198. The first-order valence-corrected chi connectivity index (χ1v) is 10.7. The molecular formula is C23H27ClFN3O. The van der Waals surface area contributed by atoms with Gasteiger partial charge >= 0.3 is 0 Å². The Kier molecular flexibility index (Phi) is 6.48. The standard InChI is InChI=1S/C23H27ClFN3O/c24-19-9-6-16(7-10-19)8-11-22(29)28-12-2-4-18(15-28)23-21(14-26-27-23)17-3-1-5-20(25)13-17/h1,3,5-7,9-10,13,18,21,23,26-27H,2,4,8,11-12,14-15H2. The van der Waals surface area contributed by atoms with Crippen molar-refractivity contribution in [2.45, 2.75) is 37.6 Å². The molecule has 0 saturated carbocycles. The van der Waals surface area contributed by atoms with Crippen LogP contribution in [0.4, 0.5) is 4.39 Å². The largest absolute Gasteiger partial charge is 0.342 e. The van der Waals surface area contributed by atoms with Crippen LogP contribution in [0.5, 0.6) is 0 Å². The molecule has 2 fully saturated rings. The van der Waals surface area contributed by atoms with E-state index in [9.17, 15) is 9.18 Å². The van der Waals surface area contributed by atoms with Crippen LogP contribution in [0.3, 0.4) is 0 Å². The number of rotatable bonds is 5. The van der Waals surface area contributed by atoms with Gasteiger partial charge in [-0.15, -0.1) is 0 Å². The summed E-state index contributed by atoms with van der Waals surface area (Å²) < 4.78 is 13.7. The highest BCUT2D eigenvalue weighted by Crippen LogP contribution is 2.32. The summed E-state index contributed by atoms with van der Waals surface area (Å²) >= 11 is 5.93. The zero-order chi connectivity index (χ0) is 20.2. The van der Waals surface area contributed by atoms with E-state index in [-0.39, 0.29) is 23.7 Å². The smallest absolute Gasteiger partial charge is 0.222 e. The SMILES string of the molecule is O=C(CCc1ccc(Cl)cc1)N1CCCC(C2NNCC2c2cccc(F)c2)C1. The highest BCUT2D eigenvalue weighted by molar-refractivity contribution is 6.30. The molecule has 154 valence electrons.